The highest BCUT2D eigenvalue weighted by molar-refractivity contribution is 5.41. The Morgan fingerprint density at radius 1 is 0.594 bits per heavy atom. The van der Waals surface area contributed by atoms with Crippen LogP contribution < -0.4 is 4.74 Å². The minimum absolute atomic E-state index is 0.197. The van der Waals surface area contributed by atoms with Crippen LogP contribution in [0.1, 0.15) is 27.8 Å². The molecule has 2 heterocycles. The first-order valence-electron chi connectivity index (χ1n) is 10.4. The van der Waals surface area contributed by atoms with Gasteiger partial charge in [0.05, 0.1) is 7.11 Å². The van der Waals surface area contributed by atoms with Gasteiger partial charge in [0, 0.05) is 24.8 Å². The summed E-state index contributed by atoms with van der Waals surface area (Å²) in [5, 5.41) is 9.17. The van der Waals surface area contributed by atoms with Gasteiger partial charge in [0.2, 0.25) is 0 Å². The van der Waals surface area contributed by atoms with Gasteiger partial charge in [-0.25, -0.2) is 0 Å². The third kappa shape index (κ3) is 12.1. The lowest BCUT2D eigenvalue weighted by atomic mass is 10.2. The van der Waals surface area contributed by atoms with E-state index in [-0.39, 0.29) is 5.75 Å². The number of phenols is 1. The molecule has 0 aliphatic heterocycles. The van der Waals surface area contributed by atoms with Crippen LogP contribution in [-0.2, 0) is 0 Å². The summed E-state index contributed by atoms with van der Waals surface area (Å²) < 4.78 is 4.85. The second kappa shape index (κ2) is 15.2. The van der Waals surface area contributed by atoms with Crippen LogP contribution in [0.25, 0.3) is 0 Å². The van der Waals surface area contributed by atoms with E-state index in [1.165, 1.54) is 29.4 Å². The van der Waals surface area contributed by atoms with Gasteiger partial charge in [0.15, 0.2) is 11.5 Å². The van der Waals surface area contributed by atoms with Gasteiger partial charge in [-0.05, 0) is 81.6 Å². The fraction of sp³-hybridized carbons (Fsp3) is 0.214. The summed E-state index contributed by atoms with van der Waals surface area (Å²) in [6.07, 6.45) is 7.18. The number of aryl methyl sites for hydroxylation is 5. The summed E-state index contributed by atoms with van der Waals surface area (Å²) in [7, 11) is 1.53. The summed E-state index contributed by atoms with van der Waals surface area (Å²) in [6, 6.07) is 21.7. The highest BCUT2D eigenvalue weighted by Gasteiger charge is 1.97. The molecule has 2 aromatic heterocycles. The molecule has 0 aliphatic carbocycles. The first-order valence-corrected chi connectivity index (χ1v) is 10.4. The molecule has 4 nitrogen and oxygen atoms in total. The van der Waals surface area contributed by atoms with Crippen LogP contribution in [0.3, 0.4) is 0 Å². The molecule has 2 aromatic carbocycles. The first-order chi connectivity index (χ1) is 15.3. The Morgan fingerprint density at radius 2 is 1.12 bits per heavy atom. The fourth-order valence-electron chi connectivity index (χ4n) is 2.31. The van der Waals surface area contributed by atoms with Crippen LogP contribution in [0.4, 0.5) is 0 Å². The van der Waals surface area contributed by atoms with Crippen molar-refractivity contribution in [3.63, 3.8) is 0 Å². The molecule has 168 valence electrons. The SMILES string of the molecule is COc1ccc(C)cc1O.Cc1ccc(C)cc1.Cc1cccnc1.Cc1ccncc1. The molecule has 0 saturated carbocycles. The Hall–Kier alpha value is -3.66. The highest BCUT2D eigenvalue weighted by atomic mass is 16.5. The third-order valence-electron chi connectivity index (χ3n) is 4.21. The third-order valence-corrected chi connectivity index (χ3v) is 4.21. The Bertz CT molecular complexity index is 944. The standard InChI is InChI=1S/C8H10O2.C8H10.2C6H7N/c1-6-3-4-8(10-2)7(9)5-6;1-7-3-5-8(2)6-4-7;1-6-2-4-7-5-3-6;1-6-3-2-4-7-5-6/h3-5,9H,1-2H3;3-6H,1-2H3;2*2-5H,1H3. The average molecular weight is 431 g/mol. The number of hydrogen-bond acceptors (Lipinski definition) is 4. The Labute approximate surface area is 192 Å². The lowest BCUT2D eigenvalue weighted by molar-refractivity contribution is 0.373. The van der Waals surface area contributed by atoms with Crippen molar-refractivity contribution in [1.82, 2.24) is 9.97 Å². The molecule has 0 bridgehead atoms. The number of methoxy groups -OCH3 is 1. The van der Waals surface area contributed by atoms with Crippen LogP contribution in [0.2, 0.25) is 0 Å². The predicted octanol–water partition coefficient (Wildman–Crippen LogP) is 6.79. The Morgan fingerprint density at radius 3 is 1.47 bits per heavy atom. The molecule has 0 amide bonds. The maximum atomic E-state index is 9.17. The monoisotopic (exact) mass is 430 g/mol. The molecular weight excluding hydrogens is 396 g/mol. The molecule has 32 heavy (non-hydrogen) atoms. The van der Waals surface area contributed by atoms with Gasteiger partial charge in [-0.3, -0.25) is 9.97 Å². The molecule has 0 unspecified atom stereocenters. The number of phenolic OH excluding ortho intramolecular Hbond substituents is 1. The van der Waals surface area contributed by atoms with E-state index in [0.29, 0.717) is 5.75 Å². The van der Waals surface area contributed by atoms with Crippen LogP contribution in [0.15, 0.2) is 91.5 Å². The first kappa shape index (κ1) is 26.4. The largest absolute Gasteiger partial charge is 0.504 e. The van der Waals surface area contributed by atoms with E-state index in [1.54, 1.807) is 30.7 Å². The van der Waals surface area contributed by atoms with Crippen LogP contribution >= 0.6 is 0 Å². The van der Waals surface area contributed by atoms with Crippen molar-refractivity contribution in [1.29, 1.82) is 0 Å². The van der Waals surface area contributed by atoms with Gasteiger partial charge in [0.25, 0.3) is 0 Å². The molecule has 1 N–H and O–H groups in total. The Balaban J connectivity index is 0.000000216. The molecular formula is C28H34N2O2. The van der Waals surface area contributed by atoms with E-state index in [2.05, 4.69) is 48.1 Å². The minimum Gasteiger partial charge on any atom is -0.504 e. The number of aromatic hydroxyl groups is 1. The Kier molecular flexibility index (Phi) is 12.5. The molecule has 0 saturated heterocycles. The summed E-state index contributed by atoms with van der Waals surface area (Å²) >= 11 is 0. The lowest BCUT2D eigenvalue weighted by Gasteiger charge is -2.01. The maximum absolute atomic E-state index is 9.17. The van der Waals surface area contributed by atoms with E-state index in [0.717, 1.165) is 5.56 Å². The van der Waals surface area contributed by atoms with E-state index >= 15 is 0 Å². The van der Waals surface area contributed by atoms with Crippen molar-refractivity contribution in [2.75, 3.05) is 7.11 Å². The van der Waals surface area contributed by atoms with E-state index in [1.807, 2.05) is 57.3 Å². The maximum Gasteiger partial charge on any atom is 0.160 e. The van der Waals surface area contributed by atoms with E-state index in [9.17, 15) is 0 Å². The number of benzene rings is 2. The summed E-state index contributed by atoms with van der Waals surface area (Å²) in [6.45, 7) is 10.2. The number of rotatable bonds is 1. The number of pyridine rings is 2. The summed E-state index contributed by atoms with van der Waals surface area (Å²) in [4.78, 5) is 7.73. The number of nitrogens with zero attached hydrogens (tertiary/aromatic N) is 2. The van der Waals surface area contributed by atoms with Gasteiger partial charge in [-0.1, -0.05) is 47.5 Å². The zero-order valence-electron chi connectivity index (χ0n) is 19.9. The number of hydrogen-bond donors (Lipinski definition) is 1. The van der Waals surface area contributed by atoms with Crippen LogP contribution in [-0.4, -0.2) is 22.2 Å². The molecule has 0 spiro atoms. The quantitative estimate of drug-likeness (QED) is 0.361. The highest BCUT2D eigenvalue weighted by Crippen LogP contribution is 2.25. The number of ether oxygens (including phenoxy) is 1. The molecule has 4 heteroatoms. The summed E-state index contributed by atoms with van der Waals surface area (Å²) in [5.41, 5.74) is 6.15. The number of aromatic nitrogens is 2. The van der Waals surface area contributed by atoms with Crippen molar-refractivity contribution in [2.45, 2.75) is 34.6 Å². The van der Waals surface area contributed by atoms with Crippen molar-refractivity contribution >= 4 is 0 Å². The van der Waals surface area contributed by atoms with Crippen LogP contribution in [0, 0.1) is 34.6 Å². The van der Waals surface area contributed by atoms with E-state index < -0.39 is 0 Å². The van der Waals surface area contributed by atoms with Crippen LogP contribution in [0.5, 0.6) is 11.5 Å². The van der Waals surface area contributed by atoms with Crippen molar-refractivity contribution < 1.29 is 9.84 Å². The minimum atomic E-state index is 0.197. The van der Waals surface area contributed by atoms with Crippen molar-refractivity contribution in [3.05, 3.63) is 119 Å². The summed E-state index contributed by atoms with van der Waals surface area (Å²) in [5.74, 6) is 0.716. The molecule has 0 aliphatic rings. The van der Waals surface area contributed by atoms with E-state index in [4.69, 9.17) is 9.84 Å². The zero-order valence-corrected chi connectivity index (χ0v) is 19.9. The second-order valence-corrected chi connectivity index (χ2v) is 7.38. The van der Waals surface area contributed by atoms with Gasteiger partial charge in [-0.2, -0.15) is 0 Å². The average Bonchev–Trinajstić information content (AvgIpc) is 2.78. The topological polar surface area (TPSA) is 55.2 Å². The predicted molar refractivity (Wildman–Crippen MR) is 133 cm³/mol. The lowest BCUT2D eigenvalue weighted by Crippen LogP contribution is -1.82. The fourth-order valence-corrected chi connectivity index (χ4v) is 2.31. The van der Waals surface area contributed by atoms with Gasteiger partial charge >= 0.3 is 0 Å². The zero-order chi connectivity index (χ0) is 23.8. The van der Waals surface area contributed by atoms with Crippen molar-refractivity contribution in [3.8, 4) is 11.5 Å². The van der Waals surface area contributed by atoms with Crippen molar-refractivity contribution in [2.24, 2.45) is 0 Å². The smallest absolute Gasteiger partial charge is 0.160 e. The molecule has 4 aromatic rings. The molecule has 4 rings (SSSR count). The second-order valence-electron chi connectivity index (χ2n) is 7.38. The van der Waals surface area contributed by atoms with Gasteiger partial charge in [0.1, 0.15) is 0 Å². The molecule has 0 radical (unpaired) electrons. The van der Waals surface area contributed by atoms with Gasteiger partial charge in [-0.15, -0.1) is 0 Å². The van der Waals surface area contributed by atoms with Gasteiger partial charge < -0.3 is 9.84 Å². The normalized spacial score (nSPS) is 9.06. The molecule has 0 fully saturated rings. The molecule has 0 atom stereocenters.